The van der Waals surface area contributed by atoms with Crippen molar-refractivity contribution in [1.29, 1.82) is 0 Å². The van der Waals surface area contributed by atoms with Crippen LogP contribution in [0.1, 0.15) is 0 Å². The van der Waals surface area contributed by atoms with Gasteiger partial charge in [-0.3, -0.25) is 0 Å². The van der Waals surface area contributed by atoms with Crippen LogP contribution in [0, 0.1) is 0 Å². The molecule has 0 bridgehead atoms. The monoisotopic (exact) mass is 282 g/mol. The molecule has 0 fully saturated rings. The van der Waals surface area contributed by atoms with Crippen LogP contribution in [0.25, 0.3) is 11.5 Å². The molecule has 0 saturated heterocycles. The first-order valence-corrected chi connectivity index (χ1v) is 7.19. The number of aromatic nitrogens is 1. The van der Waals surface area contributed by atoms with Crippen molar-refractivity contribution in [2.24, 2.45) is 4.99 Å². The van der Waals surface area contributed by atoms with Crippen molar-refractivity contribution >= 4 is 17.0 Å². The summed E-state index contributed by atoms with van der Waals surface area (Å²) in [4.78, 5) is 5.62. The van der Waals surface area contributed by atoms with E-state index in [0.717, 1.165) is 21.9 Å². The van der Waals surface area contributed by atoms with Gasteiger partial charge in [0.2, 0.25) is 0 Å². The van der Waals surface area contributed by atoms with Crippen LogP contribution in [0.5, 0.6) is 0 Å². The van der Waals surface area contributed by atoms with Gasteiger partial charge in [0.15, 0.2) is 10.6 Å². The van der Waals surface area contributed by atoms with E-state index in [1.807, 2.05) is 48.5 Å². The number of thiazole rings is 1. The number of benzene rings is 1. The summed E-state index contributed by atoms with van der Waals surface area (Å²) in [6, 6.07) is 13.8. The van der Waals surface area contributed by atoms with Crippen LogP contribution in [0.2, 0.25) is 0 Å². The van der Waals surface area contributed by atoms with E-state index in [0.29, 0.717) is 6.54 Å². The Balaban J connectivity index is 2.13. The standard InChI is InChI=1S/C16H14N2OS/c1-2-10-18-14(15-9-6-11-19-15)12-20-16(18)17-13-7-4-3-5-8-13/h2-9,11-12H,1,10H2. The predicted octanol–water partition coefficient (Wildman–Crippen LogP) is 4.23. The second-order valence-electron chi connectivity index (χ2n) is 4.23. The molecule has 0 aliphatic rings. The van der Waals surface area contributed by atoms with Crippen molar-refractivity contribution in [3.63, 3.8) is 0 Å². The van der Waals surface area contributed by atoms with Crippen LogP contribution in [0.4, 0.5) is 5.69 Å². The van der Waals surface area contributed by atoms with Crippen LogP contribution in [-0.2, 0) is 6.54 Å². The van der Waals surface area contributed by atoms with E-state index in [-0.39, 0.29) is 0 Å². The first kappa shape index (κ1) is 12.7. The summed E-state index contributed by atoms with van der Waals surface area (Å²) in [7, 11) is 0. The highest BCUT2D eigenvalue weighted by Gasteiger charge is 2.09. The first-order chi connectivity index (χ1) is 9.88. The SMILES string of the molecule is C=CCn1c(-c2ccco2)csc1=Nc1ccccc1. The molecule has 3 nitrogen and oxygen atoms in total. The molecule has 0 atom stereocenters. The Morgan fingerprint density at radius 2 is 2.05 bits per heavy atom. The van der Waals surface area contributed by atoms with Crippen molar-refractivity contribution in [2.45, 2.75) is 6.54 Å². The summed E-state index contributed by atoms with van der Waals surface area (Å²) in [6.07, 6.45) is 3.54. The number of hydrogen-bond acceptors (Lipinski definition) is 3. The van der Waals surface area contributed by atoms with Crippen LogP contribution in [-0.4, -0.2) is 4.57 Å². The highest BCUT2D eigenvalue weighted by atomic mass is 32.1. The third-order valence-electron chi connectivity index (χ3n) is 2.86. The third-order valence-corrected chi connectivity index (χ3v) is 3.73. The Morgan fingerprint density at radius 3 is 2.75 bits per heavy atom. The second-order valence-corrected chi connectivity index (χ2v) is 5.06. The largest absolute Gasteiger partial charge is 0.463 e. The van der Waals surface area contributed by atoms with Crippen molar-refractivity contribution in [3.8, 4) is 11.5 Å². The fourth-order valence-electron chi connectivity index (χ4n) is 1.96. The maximum atomic E-state index is 5.48. The average Bonchev–Trinajstić information content (AvgIpc) is 3.11. The zero-order valence-electron chi connectivity index (χ0n) is 10.9. The molecular formula is C16H14N2OS. The van der Waals surface area contributed by atoms with E-state index >= 15 is 0 Å². The summed E-state index contributed by atoms with van der Waals surface area (Å²) in [5, 5.41) is 2.06. The second kappa shape index (κ2) is 5.75. The molecule has 0 saturated carbocycles. The molecule has 0 aliphatic heterocycles. The minimum absolute atomic E-state index is 0.700. The van der Waals surface area contributed by atoms with Gasteiger partial charge in [-0.25, -0.2) is 4.99 Å². The van der Waals surface area contributed by atoms with Gasteiger partial charge in [0.1, 0.15) is 0 Å². The number of rotatable bonds is 4. The van der Waals surface area contributed by atoms with E-state index in [2.05, 4.69) is 21.5 Å². The van der Waals surface area contributed by atoms with E-state index in [4.69, 9.17) is 4.42 Å². The summed E-state index contributed by atoms with van der Waals surface area (Å²) >= 11 is 1.60. The molecule has 0 unspecified atom stereocenters. The molecule has 0 radical (unpaired) electrons. The number of nitrogens with zero attached hydrogens (tertiary/aromatic N) is 2. The quantitative estimate of drug-likeness (QED) is 0.659. The highest BCUT2D eigenvalue weighted by molar-refractivity contribution is 7.07. The Kier molecular flexibility index (Phi) is 3.65. The van der Waals surface area contributed by atoms with Gasteiger partial charge in [0.05, 0.1) is 17.6 Å². The van der Waals surface area contributed by atoms with Gasteiger partial charge < -0.3 is 8.98 Å². The molecule has 3 aromatic rings. The molecule has 0 aliphatic carbocycles. The van der Waals surface area contributed by atoms with Crippen LogP contribution < -0.4 is 4.80 Å². The summed E-state index contributed by atoms with van der Waals surface area (Å²) in [5.41, 5.74) is 1.97. The normalized spacial score (nSPS) is 11.7. The van der Waals surface area contributed by atoms with Gasteiger partial charge in [-0.2, -0.15) is 0 Å². The highest BCUT2D eigenvalue weighted by Crippen LogP contribution is 2.21. The molecule has 2 heterocycles. The van der Waals surface area contributed by atoms with E-state index in [9.17, 15) is 0 Å². The van der Waals surface area contributed by atoms with Gasteiger partial charge in [-0.05, 0) is 24.3 Å². The zero-order chi connectivity index (χ0) is 13.8. The van der Waals surface area contributed by atoms with E-state index < -0.39 is 0 Å². The maximum absolute atomic E-state index is 5.48. The van der Waals surface area contributed by atoms with Gasteiger partial charge in [-0.15, -0.1) is 17.9 Å². The molecule has 0 N–H and O–H groups in total. The van der Waals surface area contributed by atoms with Crippen molar-refractivity contribution in [3.05, 3.63) is 71.6 Å². The number of hydrogen-bond donors (Lipinski definition) is 0. The lowest BCUT2D eigenvalue weighted by Crippen LogP contribution is -2.14. The predicted molar refractivity (Wildman–Crippen MR) is 81.9 cm³/mol. The van der Waals surface area contributed by atoms with Crippen molar-refractivity contribution in [1.82, 2.24) is 4.57 Å². The molecule has 100 valence electrons. The Hall–Kier alpha value is -2.33. The summed E-state index contributed by atoms with van der Waals surface area (Å²) in [5.74, 6) is 0.845. The molecular weight excluding hydrogens is 268 g/mol. The minimum Gasteiger partial charge on any atom is -0.463 e. The number of furan rings is 1. The Morgan fingerprint density at radius 1 is 1.20 bits per heavy atom. The molecule has 20 heavy (non-hydrogen) atoms. The fraction of sp³-hybridized carbons (Fsp3) is 0.0625. The van der Waals surface area contributed by atoms with Gasteiger partial charge >= 0.3 is 0 Å². The Labute approximate surface area is 121 Å². The smallest absolute Gasteiger partial charge is 0.190 e. The molecule has 0 spiro atoms. The van der Waals surface area contributed by atoms with Gasteiger partial charge in [-0.1, -0.05) is 24.3 Å². The fourth-order valence-corrected chi connectivity index (χ4v) is 2.88. The Bertz CT molecular complexity index is 751. The lowest BCUT2D eigenvalue weighted by molar-refractivity contribution is 0.574. The molecule has 0 amide bonds. The van der Waals surface area contributed by atoms with E-state index in [1.54, 1.807) is 17.6 Å². The van der Waals surface area contributed by atoms with E-state index in [1.165, 1.54) is 0 Å². The van der Waals surface area contributed by atoms with Gasteiger partial charge in [0, 0.05) is 11.9 Å². The first-order valence-electron chi connectivity index (χ1n) is 6.31. The number of allylic oxidation sites excluding steroid dienone is 1. The summed E-state index contributed by atoms with van der Waals surface area (Å²) in [6.45, 7) is 4.52. The maximum Gasteiger partial charge on any atom is 0.190 e. The topological polar surface area (TPSA) is 30.4 Å². The summed E-state index contributed by atoms with van der Waals surface area (Å²) < 4.78 is 7.58. The molecule has 4 heteroatoms. The molecule has 1 aromatic carbocycles. The average molecular weight is 282 g/mol. The third kappa shape index (κ3) is 2.51. The van der Waals surface area contributed by atoms with Crippen molar-refractivity contribution < 1.29 is 4.42 Å². The molecule has 2 aromatic heterocycles. The van der Waals surface area contributed by atoms with Crippen LogP contribution >= 0.6 is 11.3 Å². The van der Waals surface area contributed by atoms with Crippen molar-refractivity contribution in [2.75, 3.05) is 0 Å². The van der Waals surface area contributed by atoms with Crippen LogP contribution in [0.3, 0.4) is 0 Å². The van der Waals surface area contributed by atoms with Crippen LogP contribution in [0.15, 0.2) is 76.2 Å². The lowest BCUT2D eigenvalue weighted by atomic mass is 10.3. The minimum atomic E-state index is 0.700. The number of para-hydroxylation sites is 1. The van der Waals surface area contributed by atoms with Gasteiger partial charge in [0.25, 0.3) is 0 Å². The lowest BCUT2D eigenvalue weighted by Gasteiger charge is -2.03. The zero-order valence-corrected chi connectivity index (χ0v) is 11.7. The molecule has 3 rings (SSSR count).